The van der Waals surface area contributed by atoms with Gasteiger partial charge in [-0.05, 0) is 6.07 Å². The van der Waals surface area contributed by atoms with Gasteiger partial charge in [0.2, 0.25) is 0 Å². The lowest BCUT2D eigenvalue weighted by Crippen LogP contribution is -2.48. The minimum atomic E-state index is -0.0509. The van der Waals surface area contributed by atoms with Crippen molar-refractivity contribution in [3.8, 4) is 0 Å². The second-order valence-corrected chi connectivity index (χ2v) is 6.59. The van der Waals surface area contributed by atoms with Crippen molar-refractivity contribution in [2.24, 2.45) is 0 Å². The van der Waals surface area contributed by atoms with E-state index in [0.717, 1.165) is 18.8 Å². The quantitative estimate of drug-likeness (QED) is 0.716. The molecule has 3 aromatic rings. The number of amides is 1. The van der Waals surface area contributed by atoms with E-state index in [9.17, 15) is 9.59 Å². The van der Waals surface area contributed by atoms with Crippen molar-refractivity contribution in [2.45, 2.75) is 6.54 Å². The summed E-state index contributed by atoms with van der Waals surface area (Å²) in [5.41, 5.74) is 1.31. The zero-order chi connectivity index (χ0) is 16.5. The molecule has 1 aliphatic heterocycles. The fraction of sp³-hybridized carbons (Fsp3) is 0.312. The Bertz CT molecular complexity index is 907. The molecule has 0 spiro atoms. The largest absolute Gasteiger partial charge is 0.472 e. The first-order valence-corrected chi connectivity index (χ1v) is 8.58. The van der Waals surface area contributed by atoms with E-state index in [0.29, 0.717) is 30.2 Å². The SMILES string of the molecule is O=C(c1ccoc1)N1CCN(Cc2cc(=O)n3ccsc3n2)CC1. The van der Waals surface area contributed by atoms with Gasteiger partial charge in [-0.2, -0.15) is 0 Å². The molecule has 124 valence electrons. The van der Waals surface area contributed by atoms with Crippen molar-refractivity contribution in [1.29, 1.82) is 0 Å². The number of fused-ring (bicyclic) bond motifs is 1. The molecule has 1 saturated heterocycles. The number of aromatic nitrogens is 2. The number of furan rings is 1. The molecule has 3 aromatic heterocycles. The van der Waals surface area contributed by atoms with E-state index in [-0.39, 0.29) is 11.5 Å². The smallest absolute Gasteiger partial charge is 0.258 e. The molecule has 24 heavy (non-hydrogen) atoms. The molecule has 1 amide bonds. The lowest BCUT2D eigenvalue weighted by molar-refractivity contribution is 0.0626. The van der Waals surface area contributed by atoms with Crippen LogP contribution in [0.2, 0.25) is 0 Å². The monoisotopic (exact) mass is 344 g/mol. The summed E-state index contributed by atoms with van der Waals surface area (Å²) in [7, 11) is 0. The van der Waals surface area contributed by atoms with Crippen LogP contribution in [0.15, 0.2) is 45.4 Å². The van der Waals surface area contributed by atoms with Gasteiger partial charge in [-0.25, -0.2) is 4.98 Å². The van der Waals surface area contributed by atoms with Gasteiger partial charge in [0.15, 0.2) is 4.96 Å². The maximum Gasteiger partial charge on any atom is 0.258 e. The van der Waals surface area contributed by atoms with Crippen LogP contribution >= 0.6 is 11.3 Å². The Hall–Kier alpha value is -2.45. The molecule has 8 heteroatoms. The minimum absolute atomic E-state index is 0.000209. The van der Waals surface area contributed by atoms with Crippen molar-refractivity contribution < 1.29 is 9.21 Å². The Morgan fingerprint density at radius 2 is 2.12 bits per heavy atom. The van der Waals surface area contributed by atoms with Gasteiger partial charge in [-0.3, -0.25) is 18.9 Å². The summed E-state index contributed by atoms with van der Waals surface area (Å²) in [6, 6.07) is 3.27. The van der Waals surface area contributed by atoms with Gasteiger partial charge in [0, 0.05) is 50.4 Å². The van der Waals surface area contributed by atoms with Crippen molar-refractivity contribution >= 4 is 22.2 Å². The first-order chi connectivity index (χ1) is 11.7. The van der Waals surface area contributed by atoms with Crippen molar-refractivity contribution in [3.63, 3.8) is 0 Å². The Kier molecular flexibility index (Phi) is 3.91. The third-order valence-corrected chi connectivity index (χ3v) is 4.93. The van der Waals surface area contributed by atoms with Crippen LogP contribution in [-0.2, 0) is 6.54 Å². The highest BCUT2D eigenvalue weighted by Crippen LogP contribution is 2.12. The molecule has 0 N–H and O–H groups in total. The molecule has 7 nitrogen and oxygen atoms in total. The van der Waals surface area contributed by atoms with E-state index >= 15 is 0 Å². The average molecular weight is 344 g/mol. The molecule has 0 aromatic carbocycles. The van der Waals surface area contributed by atoms with Gasteiger partial charge < -0.3 is 9.32 Å². The fourth-order valence-electron chi connectivity index (χ4n) is 2.88. The van der Waals surface area contributed by atoms with Gasteiger partial charge >= 0.3 is 0 Å². The van der Waals surface area contributed by atoms with Crippen LogP contribution in [0.1, 0.15) is 16.1 Å². The molecule has 1 fully saturated rings. The van der Waals surface area contributed by atoms with Gasteiger partial charge in [0.1, 0.15) is 6.26 Å². The molecular weight excluding hydrogens is 328 g/mol. The molecule has 4 rings (SSSR count). The van der Waals surface area contributed by atoms with Crippen LogP contribution in [-0.4, -0.2) is 51.3 Å². The van der Waals surface area contributed by atoms with E-state index in [1.54, 1.807) is 22.7 Å². The summed E-state index contributed by atoms with van der Waals surface area (Å²) in [5.74, 6) is -0.000209. The maximum atomic E-state index is 12.3. The van der Waals surface area contributed by atoms with Crippen LogP contribution < -0.4 is 5.56 Å². The lowest BCUT2D eigenvalue weighted by Gasteiger charge is -2.34. The lowest BCUT2D eigenvalue weighted by atomic mass is 10.2. The molecule has 4 heterocycles. The molecule has 0 unspecified atom stereocenters. The van der Waals surface area contributed by atoms with E-state index < -0.39 is 0 Å². The standard InChI is InChI=1S/C16H16N4O3S/c21-14-9-13(17-16-20(14)6-8-24-16)10-18-2-4-19(5-3-18)15(22)12-1-7-23-11-12/h1,6-9,11H,2-5,10H2. The predicted octanol–water partition coefficient (Wildman–Crippen LogP) is 1.31. The van der Waals surface area contributed by atoms with E-state index in [1.807, 2.05) is 10.3 Å². The molecule has 0 bridgehead atoms. The minimum Gasteiger partial charge on any atom is -0.472 e. The number of piperazine rings is 1. The highest BCUT2D eigenvalue weighted by Gasteiger charge is 2.23. The van der Waals surface area contributed by atoms with E-state index in [1.165, 1.54) is 23.9 Å². The number of carbonyl (C=O) groups excluding carboxylic acids is 1. The Morgan fingerprint density at radius 3 is 2.88 bits per heavy atom. The Morgan fingerprint density at radius 1 is 1.29 bits per heavy atom. The van der Waals surface area contributed by atoms with Crippen LogP contribution in [0.4, 0.5) is 0 Å². The van der Waals surface area contributed by atoms with Crippen molar-refractivity contribution in [1.82, 2.24) is 19.2 Å². The maximum absolute atomic E-state index is 12.3. The molecule has 0 radical (unpaired) electrons. The average Bonchev–Trinajstić information content (AvgIpc) is 3.26. The number of hydrogen-bond donors (Lipinski definition) is 0. The summed E-state index contributed by atoms with van der Waals surface area (Å²) in [6.45, 7) is 3.45. The summed E-state index contributed by atoms with van der Waals surface area (Å²) in [4.78, 5) is 33.6. The second-order valence-electron chi connectivity index (χ2n) is 5.72. The summed E-state index contributed by atoms with van der Waals surface area (Å²) < 4.78 is 6.52. The summed E-state index contributed by atoms with van der Waals surface area (Å²) in [5, 5.41) is 1.85. The molecule has 1 aliphatic rings. The first kappa shape index (κ1) is 15.1. The zero-order valence-corrected chi connectivity index (χ0v) is 13.7. The second kappa shape index (κ2) is 6.21. The number of thiazole rings is 1. The summed E-state index contributed by atoms with van der Waals surface area (Å²) in [6.07, 6.45) is 4.72. The topological polar surface area (TPSA) is 71.1 Å². The van der Waals surface area contributed by atoms with Gasteiger partial charge in [-0.15, -0.1) is 11.3 Å². The summed E-state index contributed by atoms with van der Waals surface area (Å²) >= 11 is 1.45. The Labute approximate surface area is 141 Å². The number of hydrogen-bond acceptors (Lipinski definition) is 6. The number of carbonyl (C=O) groups is 1. The first-order valence-electron chi connectivity index (χ1n) is 7.70. The third-order valence-electron chi connectivity index (χ3n) is 4.17. The van der Waals surface area contributed by atoms with Gasteiger partial charge in [0.25, 0.3) is 11.5 Å². The van der Waals surface area contributed by atoms with Crippen LogP contribution in [0, 0.1) is 0 Å². The highest BCUT2D eigenvalue weighted by atomic mass is 32.1. The normalized spacial score (nSPS) is 15.9. The highest BCUT2D eigenvalue weighted by molar-refractivity contribution is 7.15. The molecule has 0 aliphatic carbocycles. The van der Waals surface area contributed by atoms with Crippen LogP contribution in [0.5, 0.6) is 0 Å². The van der Waals surface area contributed by atoms with Gasteiger partial charge in [0.05, 0.1) is 17.5 Å². The predicted molar refractivity (Wildman–Crippen MR) is 89.2 cm³/mol. The molecule has 0 atom stereocenters. The van der Waals surface area contributed by atoms with Crippen LogP contribution in [0.3, 0.4) is 0 Å². The van der Waals surface area contributed by atoms with E-state index in [4.69, 9.17) is 4.42 Å². The number of rotatable bonds is 3. The van der Waals surface area contributed by atoms with Crippen LogP contribution in [0.25, 0.3) is 4.96 Å². The van der Waals surface area contributed by atoms with Gasteiger partial charge in [-0.1, -0.05) is 0 Å². The Balaban J connectivity index is 1.40. The van der Waals surface area contributed by atoms with E-state index in [2.05, 4.69) is 9.88 Å². The van der Waals surface area contributed by atoms with Crippen molar-refractivity contribution in [2.75, 3.05) is 26.2 Å². The number of nitrogens with zero attached hydrogens (tertiary/aromatic N) is 4. The van der Waals surface area contributed by atoms with Crippen molar-refractivity contribution in [3.05, 3.63) is 57.8 Å². The zero-order valence-electron chi connectivity index (χ0n) is 12.9. The molecular formula is C16H16N4O3S. The fourth-order valence-corrected chi connectivity index (χ4v) is 3.61. The molecule has 0 saturated carbocycles. The third kappa shape index (κ3) is 2.85.